The summed E-state index contributed by atoms with van der Waals surface area (Å²) in [4.78, 5) is 13.1. The van der Waals surface area contributed by atoms with Gasteiger partial charge < -0.3 is 9.84 Å². The first-order valence-electron chi connectivity index (χ1n) is 8.91. The summed E-state index contributed by atoms with van der Waals surface area (Å²) in [6, 6.07) is 20.2. The maximum Gasteiger partial charge on any atom is 0.365 e. The van der Waals surface area contributed by atoms with Gasteiger partial charge in [0.25, 0.3) is 0 Å². The molecule has 0 aliphatic carbocycles. The van der Waals surface area contributed by atoms with Crippen molar-refractivity contribution in [3.8, 4) is 17.3 Å². The third kappa shape index (κ3) is 3.09. The summed E-state index contributed by atoms with van der Waals surface area (Å²) < 4.78 is 8.11. The van der Waals surface area contributed by atoms with Crippen molar-refractivity contribution in [2.75, 3.05) is 7.11 Å². The molecule has 0 unspecified atom stereocenters. The predicted octanol–water partition coefficient (Wildman–Crippen LogP) is 1.95. The molecule has 0 bridgehead atoms. The van der Waals surface area contributed by atoms with Crippen LogP contribution in [0.5, 0.6) is 11.6 Å². The van der Waals surface area contributed by atoms with Gasteiger partial charge in [-0.25, -0.2) is 9.36 Å². The van der Waals surface area contributed by atoms with Crippen molar-refractivity contribution < 1.29 is 14.4 Å². The van der Waals surface area contributed by atoms with Crippen LogP contribution in [0.3, 0.4) is 0 Å². The zero-order valence-electron chi connectivity index (χ0n) is 15.6. The van der Waals surface area contributed by atoms with Crippen LogP contribution in [0.2, 0.25) is 0 Å². The molecule has 4 aromatic rings. The molecule has 0 saturated heterocycles. The average Bonchev–Trinajstić information content (AvgIpc) is 2.72. The van der Waals surface area contributed by atoms with Crippen LogP contribution in [0.1, 0.15) is 16.8 Å². The van der Waals surface area contributed by atoms with Crippen LogP contribution in [0.15, 0.2) is 71.5 Å². The van der Waals surface area contributed by atoms with Crippen LogP contribution >= 0.6 is 0 Å². The highest BCUT2D eigenvalue weighted by molar-refractivity contribution is 5.42. The van der Waals surface area contributed by atoms with E-state index in [1.54, 1.807) is 43.5 Å². The molecule has 4 rings (SSSR count). The Bertz CT molecular complexity index is 1220. The van der Waals surface area contributed by atoms with Crippen LogP contribution in [0, 0.1) is 6.92 Å². The number of ether oxygens (including phenoxy) is 1. The molecule has 140 valence electrons. The van der Waals surface area contributed by atoms with Crippen molar-refractivity contribution in [2.45, 2.75) is 13.3 Å². The molecule has 0 spiro atoms. The SMILES string of the molecule is COc1cccc(-[n+]2c([O-])c(Cc3ccccc3)c(=O)n3nc(C)ccc32)c1. The molecular formula is C22H19N3O3. The molecule has 28 heavy (non-hydrogen) atoms. The van der Waals surface area contributed by atoms with E-state index in [1.807, 2.05) is 37.3 Å². The largest absolute Gasteiger partial charge is 0.842 e. The molecule has 2 aromatic carbocycles. The Hall–Kier alpha value is -3.67. The number of fused-ring (bicyclic) bond motifs is 1. The van der Waals surface area contributed by atoms with Gasteiger partial charge in [-0.2, -0.15) is 0 Å². The second-order valence-corrected chi connectivity index (χ2v) is 6.53. The van der Waals surface area contributed by atoms with E-state index in [9.17, 15) is 9.90 Å². The Balaban J connectivity index is 2.04. The fourth-order valence-corrected chi connectivity index (χ4v) is 3.24. The number of rotatable bonds is 4. The summed E-state index contributed by atoms with van der Waals surface area (Å²) in [6.07, 6.45) is 0.237. The molecule has 0 amide bonds. The third-order valence-corrected chi connectivity index (χ3v) is 4.62. The number of aromatic nitrogens is 3. The molecule has 0 radical (unpaired) electrons. The number of hydrogen-bond acceptors (Lipinski definition) is 4. The number of methoxy groups -OCH3 is 1. The van der Waals surface area contributed by atoms with Gasteiger partial charge in [-0.1, -0.05) is 46.0 Å². The maximum absolute atomic E-state index is 13.4. The highest BCUT2D eigenvalue weighted by atomic mass is 16.5. The molecule has 0 N–H and O–H groups in total. The lowest BCUT2D eigenvalue weighted by Crippen LogP contribution is -2.43. The zero-order valence-corrected chi connectivity index (χ0v) is 15.6. The standard InChI is InChI=1S/C22H19N3O3/c1-15-11-12-20-24(17-9-6-10-18(14-17)28-2)21(26)19(22(27)25(20)23-15)13-16-7-4-3-5-8-16/h3-12,14H,13H2,1-2H3. The van der Waals surface area contributed by atoms with Crippen LogP contribution in [-0.4, -0.2) is 16.7 Å². The van der Waals surface area contributed by atoms with Gasteiger partial charge in [0, 0.05) is 18.6 Å². The van der Waals surface area contributed by atoms with Crippen molar-refractivity contribution in [1.82, 2.24) is 9.61 Å². The smallest absolute Gasteiger partial charge is 0.365 e. The molecular weight excluding hydrogens is 354 g/mol. The highest BCUT2D eigenvalue weighted by Gasteiger charge is 2.22. The lowest BCUT2D eigenvalue weighted by Gasteiger charge is -2.16. The number of nitrogens with zero attached hydrogens (tertiary/aromatic N) is 3. The van der Waals surface area contributed by atoms with Gasteiger partial charge in [0.1, 0.15) is 11.4 Å². The fraction of sp³-hybridized carbons (Fsp3) is 0.136. The summed E-state index contributed by atoms with van der Waals surface area (Å²) in [5, 5.41) is 17.7. The summed E-state index contributed by atoms with van der Waals surface area (Å²) in [6.45, 7) is 1.81. The van der Waals surface area contributed by atoms with Crippen LogP contribution in [0.25, 0.3) is 11.3 Å². The molecule has 0 aliphatic rings. The van der Waals surface area contributed by atoms with Crippen molar-refractivity contribution in [3.63, 3.8) is 0 Å². The normalized spacial score (nSPS) is 10.9. The minimum absolute atomic E-state index is 0.171. The zero-order chi connectivity index (χ0) is 19.7. The molecule has 0 saturated carbocycles. The third-order valence-electron chi connectivity index (χ3n) is 4.62. The van der Waals surface area contributed by atoms with Crippen LogP contribution in [-0.2, 0) is 6.42 Å². The van der Waals surface area contributed by atoms with Crippen LogP contribution < -0.4 is 20.0 Å². The predicted molar refractivity (Wildman–Crippen MR) is 103 cm³/mol. The number of benzene rings is 2. The fourth-order valence-electron chi connectivity index (χ4n) is 3.24. The lowest BCUT2D eigenvalue weighted by atomic mass is 10.1. The quantitative estimate of drug-likeness (QED) is 0.513. The Kier molecular flexibility index (Phi) is 4.53. The molecule has 2 aromatic heterocycles. The summed E-state index contributed by atoms with van der Waals surface area (Å²) in [5.74, 6) is 0.270. The summed E-state index contributed by atoms with van der Waals surface area (Å²) >= 11 is 0. The second kappa shape index (κ2) is 7.15. The topological polar surface area (TPSA) is 70.5 Å². The Morgan fingerprint density at radius 2 is 1.86 bits per heavy atom. The van der Waals surface area contributed by atoms with Gasteiger partial charge in [0.2, 0.25) is 0 Å². The number of hydrogen-bond donors (Lipinski definition) is 0. The summed E-state index contributed by atoms with van der Waals surface area (Å²) in [7, 11) is 1.57. The van der Waals surface area contributed by atoms with E-state index in [0.29, 0.717) is 22.8 Å². The first kappa shape index (κ1) is 17.7. The molecule has 0 fully saturated rings. The van der Waals surface area contributed by atoms with E-state index in [4.69, 9.17) is 4.74 Å². The van der Waals surface area contributed by atoms with Crippen molar-refractivity contribution in [1.29, 1.82) is 0 Å². The minimum atomic E-state index is -0.397. The van der Waals surface area contributed by atoms with E-state index >= 15 is 0 Å². The molecule has 2 heterocycles. The molecule has 0 atom stereocenters. The van der Waals surface area contributed by atoms with Gasteiger partial charge in [-0.05, 0) is 30.7 Å². The van der Waals surface area contributed by atoms with Gasteiger partial charge in [0.15, 0.2) is 0 Å². The minimum Gasteiger partial charge on any atom is -0.842 e. The van der Waals surface area contributed by atoms with Crippen molar-refractivity contribution in [3.05, 3.63) is 93.9 Å². The highest BCUT2D eigenvalue weighted by Crippen LogP contribution is 2.18. The van der Waals surface area contributed by atoms with E-state index < -0.39 is 5.56 Å². The average molecular weight is 373 g/mol. The van der Waals surface area contributed by atoms with Gasteiger partial charge in [-0.3, -0.25) is 0 Å². The Morgan fingerprint density at radius 1 is 1.07 bits per heavy atom. The van der Waals surface area contributed by atoms with Gasteiger partial charge in [0.05, 0.1) is 24.2 Å². The first-order chi connectivity index (χ1) is 13.6. The molecule has 0 aliphatic heterocycles. The van der Waals surface area contributed by atoms with E-state index in [0.717, 1.165) is 5.56 Å². The molecule has 6 heteroatoms. The Morgan fingerprint density at radius 3 is 2.61 bits per heavy atom. The second-order valence-electron chi connectivity index (χ2n) is 6.53. The van der Waals surface area contributed by atoms with Crippen molar-refractivity contribution in [2.24, 2.45) is 0 Å². The summed E-state index contributed by atoms with van der Waals surface area (Å²) in [5.41, 5.74) is 2.38. The Labute approximate surface area is 161 Å². The van der Waals surface area contributed by atoms with Crippen LogP contribution in [0.4, 0.5) is 0 Å². The van der Waals surface area contributed by atoms with Gasteiger partial charge >= 0.3 is 11.2 Å². The van der Waals surface area contributed by atoms with E-state index in [1.165, 1.54) is 9.08 Å². The first-order valence-corrected chi connectivity index (χ1v) is 8.91. The molecule has 6 nitrogen and oxygen atoms in total. The van der Waals surface area contributed by atoms with E-state index in [2.05, 4.69) is 5.10 Å². The monoisotopic (exact) mass is 373 g/mol. The van der Waals surface area contributed by atoms with E-state index in [-0.39, 0.29) is 17.9 Å². The van der Waals surface area contributed by atoms with Crippen molar-refractivity contribution >= 4 is 5.65 Å². The number of aryl methyl sites for hydroxylation is 1. The lowest BCUT2D eigenvalue weighted by molar-refractivity contribution is -0.632. The maximum atomic E-state index is 13.4. The van der Waals surface area contributed by atoms with Gasteiger partial charge in [-0.15, -0.1) is 0 Å².